The summed E-state index contributed by atoms with van der Waals surface area (Å²) in [6, 6.07) is 2.17. The number of aromatic amines is 1. The predicted octanol–water partition coefficient (Wildman–Crippen LogP) is 0.796. The lowest BCUT2D eigenvalue weighted by Crippen LogP contribution is -2.41. The molecule has 0 radical (unpaired) electrons. The first-order chi connectivity index (χ1) is 8.26. The molecule has 2 N–H and O–H groups in total. The molecule has 1 unspecified atom stereocenters. The average Bonchev–Trinajstić information content (AvgIpc) is 2.97. The number of carbonyl (C=O) groups excluding carboxylic acids is 1. The summed E-state index contributed by atoms with van der Waals surface area (Å²) < 4.78 is 0. The molecule has 5 heteroatoms. The smallest absolute Gasteiger partial charge is 0.274 e. The molecule has 1 amide bonds. The van der Waals surface area contributed by atoms with Crippen LogP contribution in [0.1, 0.15) is 35.9 Å². The van der Waals surface area contributed by atoms with E-state index in [9.17, 15) is 4.79 Å². The van der Waals surface area contributed by atoms with Gasteiger partial charge >= 0.3 is 0 Å². The summed E-state index contributed by atoms with van der Waals surface area (Å²) in [7, 11) is 1.92. The summed E-state index contributed by atoms with van der Waals surface area (Å²) in [4.78, 5) is 14.2. The van der Waals surface area contributed by atoms with Crippen molar-refractivity contribution in [3.63, 3.8) is 0 Å². The second-order valence-electron chi connectivity index (χ2n) is 4.48. The molecule has 2 heterocycles. The molecule has 0 aliphatic carbocycles. The molecule has 0 bridgehead atoms. The molecule has 1 aromatic heterocycles. The van der Waals surface area contributed by atoms with Gasteiger partial charge in [0.1, 0.15) is 5.69 Å². The topological polar surface area (TPSA) is 61.0 Å². The first-order valence-corrected chi connectivity index (χ1v) is 6.26. The van der Waals surface area contributed by atoms with Crippen molar-refractivity contribution < 1.29 is 4.79 Å². The standard InChI is InChI=1S/C12H20N4O/c1-3-9-7-11(15-14-9)12(17)16-6-4-5-10(16)8-13-2/h7,10,13H,3-6,8H2,1-2H3,(H,14,15). The zero-order valence-electron chi connectivity index (χ0n) is 10.5. The summed E-state index contributed by atoms with van der Waals surface area (Å²) in [5.41, 5.74) is 1.56. The van der Waals surface area contributed by atoms with Gasteiger partial charge in [0, 0.05) is 24.8 Å². The van der Waals surface area contributed by atoms with E-state index in [1.807, 2.05) is 24.9 Å². The van der Waals surface area contributed by atoms with Gasteiger partial charge in [-0.1, -0.05) is 6.92 Å². The second kappa shape index (κ2) is 5.31. The maximum absolute atomic E-state index is 12.3. The van der Waals surface area contributed by atoms with Crippen LogP contribution in [0.3, 0.4) is 0 Å². The fourth-order valence-corrected chi connectivity index (χ4v) is 2.35. The highest BCUT2D eigenvalue weighted by Gasteiger charge is 2.29. The molecule has 1 aromatic rings. The molecule has 1 aliphatic rings. The second-order valence-corrected chi connectivity index (χ2v) is 4.48. The zero-order valence-corrected chi connectivity index (χ0v) is 10.5. The van der Waals surface area contributed by atoms with Crippen molar-refractivity contribution in [3.05, 3.63) is 17.5 Å². The van der Waals surface area contributed by atoms with Gasteiger partial charge in [-0.3, -0.25) is 9.89 Å². The first kappa shape index (κ1) is 12.1. The molecule has 1 fully saturated rings. The van der Waals surface area contributed by atoms with Crippen LogP contribution in [-0.4, -0.2) is 47.2 Å². The Balaban J connectivity index is 2.08. The van der Waals surface area contributed by atoms with Gasteiger partial charge in [-0.15, -0.1) is 0 Å². The minimum absolute atomic E-state index is 0.0544. The van der Waals surface area contributed by atoms with E-state index in [0.717, 1.165) is 38.0 Å². The van der Waals surface area contributed by atoms with Crippen LogP contribution < -0.4 is 5.32 Å². The number of carbonyl (C=O) groups is 1. The Labute approximate surface area is 102 Å². The van der Waals surface area contributed by atoms with Gasteiger partial charge in [0.05, 0.1) is 0 Å². The van der Waals surface area contributed by atoms with Crippen molar-refractivity contribution in [3.8, 4) is 0 Å². The molecule has 1 aliphatic heterocycles. The fourth-order valence-electron chi connectivity index (χ4n) is 2.35. The molecule has 2 rings (SSSR count). The Morgan fingerprint density at radius 2 is 2.53 bits per heavy atom. The van der Waals surface area contributed by atoms with Crippen LogP contribution >= 0.6 is 0 Å². The molecule has 1 saturated heterocycles. The molecule has 0 saturated carbocycles. The highest BCUT2D eigenvalue weighted by atomic mass is 16.2. The van der Waals surface area contributed by atoms with Crippen molar-refractivity contribution >= 4 is 5.91 Å². The van der Waals surface area contributed by atoms with Gasteiger partial charge in [0.2, 0.25) is 0 Å². The van der Waals surface area contributed by atoms with Crippen LogP contribution in [-0.2, 0) is 6.42 Å². The fraction of sp³-hybridized carbons (Fsp3) is 0.667. The Morgan fingerprint density at radius 1 is 1.71 bits per heavy atom. The quantitative estimate of drug-likeness (QED) is 0.812. The maximum atomic E-state index is 12.3. The normalized spacial score (nSPS) is 19.9. The number of hydrogen-bond donors (Lipinski definition) is 2. The highest BCUT2D eigenvalue weighted by molar-refractivity contribution is 5.92. The van der Waals surface area contributed by atoms with E-state index in [4.69, 9.17) is 0 Å². The third kappa shape index (κ3) is 2.49. The molecule has 5 nitrogen and oxygen atoms in total. The van der Waals surface area contributed by atoms with Crippen LogP contribution in [0.5, 0.6) is 0 Å². The summed E-state index contributed by atoms with van der Waals surface area (Å²) >= 11 is 0. The number of nitrogens with one attached hydrogen (secondary N) is 2. The Morgan fingerprint density at radius 3 is 3.18 bits per heavy atom. The van der Waals surface area contributed by atoms with Crippen molar-refractivity contribution in [2.24, 2.45) is 0 Å². The molecule has 17 heavy (non-hydrogen) atoms. The first-order valence-electron chi connectivity index (χ1n) is 6.26. The third-order valence-electron chi connectivity index (χ3n) is 3.31. The summed E-state index contributed by atoms with van der Waals surface area (Å²) in [5.74, 6) is 0.0544. The lowest BCUT2D eigenvalue weighted by atomic mass is 10.2. The number of hydrogen-bond acceptors (Lipinski definition) is 3. The number of nitrogens with zero attached hydrogens (tertiary/aromatic N) is 2. The maximum Gasteiger partial charge on any atom is 0.274 e. The average molecular weight is 236 g/mol. The largest absolute Gasteiger partial charge is 0.333 e. The van der Waals surface area contributed by atoms with E-state index < -0.39 is 0 Å². The van der Waals surface area contributed by atoms with Crippen LogP contribution in [0.25, 0.3) is 0 Å². The Kier molecular flexibility index (Phi) is 3.78. The van der Waals surface area contributed by atoms with Crippen molar-refractivity contribution in [1.29, 1.82) is 0 Å². The molecule has 0 aromatic carbocycles. The highest BCUT2D eigenvalue weighted by Crippen LogP contribution is 2.19. The number of likely N-dealkylation sites (tertiary alicyclic amines) is 1. The van der Waals surface area contributed by atoms with E-state index in [-0.39, 0.29) is 5.91 Å². The molecular formula is C12H20N4O. The SMILES string of the molecule is CCc1cc(C(=O)N2CCCC2CNC)n[nH]1. The Bertz CT molecular complexity index is 388. The van der Waals surface area contributed by atoms with E-state index >= 15 is 0 Å². The Hall–Kier alpha value is -1.36. The number of rotatable bonds is 4. The molecular weight excluding hydrogens is 216 g/mol. The van der Waals surface area contributed by atoms with Crippen LogP contribution in [0, 0.1) is 0 Å². The van der Waals surface area contributed by atoms with Crippen LogP contribution in [0.2, 0.25) is 0 Å². The molecule has 1 atom stereocenters. The van der Waals surface area contributed by atoms with Gasteiger partial charge < -0.3 is 10.2 Å². The van der Waals surface area contributed by atoms with Gasteiger partial charge in [-0.25, -0.2) is 0 Å². The van der Waals surface area contributed by atoms with Gasteiger partial charge in [0.15, 0.2) is 0 Å². The minimum atomic E-state index is 0.0544. The number of likely N-dealkylation sites (N-methyl/N-ethyl adjacent to an activating group) is 1. The van der Waals surface area contributed by atoms with Crippen molar-refractivity contribution in [1.82, 2.24) is 20.4 Å². The van der Waals surface area contributed by atoms with Gasteiger partial charge in [-0.2, -0.15) is 5.10 Å². The van der Waals surface area contributed by atoms with E-state index in [2.05, 4.69) is 15.5 Å². The van der Waals surface area contributed by atoms with Crippen LogP contribution in [0.15, 0.2) is 6.07 Å². The lowest BCUT2D eigenvalue weighted by molar-refractivity contribution is 0.0731. The monoisotopic (exact) mass is 236 g/mol. The van der Waals surface area contributed by atoms with E-state index in [1.54, 1.807) is 0 Å². The minimum Gasteiger partial charge on any atom is -0.333 e. The summed E-state index contributed by atoms with van der Waals surface area (Å²) in [6.45, 7) is 3.75. The number of aryl methyl sites for hydroxylation is 1. The van der Waals surface area contributed by atoms with Crippen molar-refractivity contribution in [2.75, 3.05) is 20.1 Å². The zero-order chi connectivity index (χ0) is 12.3. The lowest BCUT2D eigenvalue weighted by Gasteiger charge is -2.23. The van der Waals surface area contributed by atoms with Gasteiger partial charge in [-0.05, 0) is 32.4 Å². The van der Waals surface area contributed by atoms with E-state index in [1.165, 1.54) is 0 Å². The van der Waals surface area contributed by atoms with Crippen molar-refractivity contribution in [2.45, 2.75) is 32.2 Å². The van der Waals surface area contributed by atoms with Gasteiger partial charge in [0.25, 0.3) is 5.91 Å². The number of amides is 1. The molecule has 0 spiro atoms. The third-order valence-corrected chi connectivity index (χ3v) is 3.31. The number of aromatic nitrogens is 2. The van der Waals surface area contributed by atoms with E-state index in [0.29, 0.717) is 11.7 Å². The summed E-state index contributed by atoms with van der Waals surface area (Å²) in [6.07, 6.45) is 3.04. The molecule has 94 valence electrons. The predicted molar refractivity (Wildman–Crippen MR) is 66.0 cm³/mol. The number of H-pyrrole nitrogens is 1. The summed E-state index contributed by atoms with van der Waals surface area (Å²) in [5, 5.41) is 10.1. The van der Waals surface area contributed by atoms with Crippen LogP contribution in [0.4, 0.5) is 0 Å².